The Hall–Kier alpha value is -4.30. The average molecular weight is 634 g/mol. The summed E-state index contributed by atoms with van der Waals surface area (Å²) in [6.45, 7) is 13.3. The van der Waals surface area contributed by atoms with Crippen LogP contribution >= 0.6 is 11.6 Å². The van der Waals surface area contributed by atoms with E-state index in [0.717, 1.165) is 24.0 Å². The monoisotopic (exact) mass is 633 g/mol. The Bertz CT molecular complexity index is 1460. The normalized spacial score (nSPS) is 12.5. The van der Waals surface area contributed by atoms with Crippen LogP contribution in [0, 0.1) is 6.92 Å². The Labute approximate surface area is 271 Å². The largest absolute Gasteiger partial charge is 0.508 e. The molecule has 0 aromatic heterocycles. The Balaban J connectivity index is 2.13. The zero-order valence-electron chi connectivity index (χ0n) is 26.7. The zero-order chi connectivity index (χ0) is 33.1. The molecular formula is C36H44ClN3O5. The number of unbranched alkanes of at least 4 members (excludes halogenated alkanes) is 2. The number of para-hydroxylation sites is 1. The van der Waals surface area contributed by atoms with Gasteiger partial charge in [-0.1, -0.05) is 86.5 Å². The van der Waals surface area contributed by atoms with E-state index < -0.39 is 35.6 Å². The second kappa shape index (κ2) is 16.1. The number of alkyl carbamates (subject to hydrolysis) is 1. The Kier molecular flexibility index (Phi) is 12.6. The molecule has 2 unspecified atom stereocenters. The third kappa shape index (κ3) is 10.4. The van der Waals surface area contributed by atoms with Crippen LogP contribution in [0.25, 0.3) is 6.08 Å². The van der Waals surface area contributed by atoms with E-state index in [1.54, 1.807) is 57.2 Å². The summed E-state index contributed by atoms with van der Waals surface area (Å²) >= 11 is 6.49. The molecule has 0 aliphatic carbocycles. The number of aromatic hydroxyl groups is 1. The van der Waals surface area contributed by atoms with Crippen LogP contribution in [0.1, 0.15) is 75.3 Å². The van der Waals surface area contributed by atoms with Gasteiger partial charge in [-0.25, -0.2) is 4.79 Å². The number of hydrogen-bond donors (Lipinski definition) is 3. The number of benzene rings is 3. The molecule has 0 saturated carbocycles. The van der Waals surface area contributed by atoms with E-state index in [9.17, 15) is 19.5 Å². The molecule has 45 heavy (non-hydrogen) atoms. The Morgan fingerprint density at radius 1 is 1.04 bits per heavy atom. The van der Waals surface area contributed by atoms with Crippen molar-refractivity contribution < 1.29 is 24.2 Å². The molecule has 0 bridgehead atoms. The van der Waals surface area contributed by atoms with Crippen LogP contribution in [-0.2, 0) is 20.7 Å². The van der Waals surface area contributed by atoms with Crippen LogP contribution in [0.4, 0.5) is 10.5 Å². The van der Waals surface area contributed by atoms with Crippen LogP contribution in [0.3, 0.4) is 0 Å². The van der Waals surface area contributed by atoms with E-state index in [0.29, 0.717) is 28.3 Å². The summed E-state index contributed by atoms with van der Waals surface area (Å²) in [6.07, 6.45) is 3.39. The maximum Gasteiger partial charge on any atom is 0.408 e. The third-order valence-electron chi connectivity index (χ3n) is 7.14. The predicted molar refractivity (Wildman–Crippen MR) is 180 cm³/mol. The van der Waals surface area contributed by atoms with Gasteiger partial charge in [0.05, 0.1) is 10.7 Å². The fourth-order valence-corrected chi connectivity index (χ4v) is 5.20. The number of ether oxygens (including phenoxy) is 1. The smallest absolute Gasteiger partial charge is 0.408 e. The summed E-state index contributed by atoms with van der Waals surface area (Å²) in [5.74, 6) is -0.820. The van der Waals surface area contributed by atoms with Gasteiger partial charge in [0.2, 0.25) is 5.91 Å². The summed E-state index contributed by atoms with van der Waals surface area (Å²) in [4.78, 5) is 43.5. The third-order valence-corrected chi connectivity index (χ3v) is 7.46. The summed E-state index contributed by atoms with van der Waals surface area (Å²) in [7, 11) is 0. The molecule has 3 aromatic carbocycles. The highest BCUT2D eigenvalue weighted by molar-refractivity contribution is 6.34. The minimum atomic E-state index is -1.08. The molecule has 3 amide bonds. The number of phenols is 1. The summed E-state index contributed by atoms with van der Waals surface area (Å²) in [6, 6.07) is 16.9. The van der Waals surface area contributed by atoms with Crippen molar-refractivity contribution in [3.05, 3.63) is 101 Å². The predicted octanol–water partition coefficient (Wildman–Crippen LogP) is 7.83. The van der Waals surface area contributed by atoms with E-state index in [2.05, 4.69) is 24.1 Å². The Morgan fingerprint density at radius 2 is 1.73 bits per heavy atom. The maximum atomic E-state index is 14.7. The van der Waals surface area contributed by atoms with Gasteiger partial charge >= 0.3 is 6.09 Å². The fourth-order valence-electron chi connectivity index (χ4n) is 4.93. The SMILES string of the molecule is C=Cc1cccc(C(C(=O)Nc2c(C)cccc2Cl)N(CCCCC)C(=O)C(Cc2ccc(O)cc2)NC(=O)OC(C)(C)C)c1. The molecule has 2 atom stereocenters. The van der Waals surface area contributed by atoms with Crippen molar-refractivity contribution in [3.63, 3.8) is 0 Å². The Morgan fingerprint density at radius 3 is 2.36 bits per heavy atom. The number of amides is 3. The standard InChI is InChI=1S/C36H44ClN3O5/c1-7-9-10-21-40(34(43)30(38-35(44)45-36(4,5)6)23-26-17-19-28(41)20-18-26)32(27-15-12-14-25(8-2)22-27)33(42)39-31-24(3)13-11-16-29(31)37/h8,11-20,22,30,32,41H,2,7,9-10,21,23H2,1,3-6H3,(H,38,44)(H,39,42). The second-order valence-electron chi connectivity index (χ2n) is 12.0. The van der Waals surface area contributed by atoms with Crippen molar-refractivity contribution >= 4 is 41.3 Å². The van der Waals surface area contributed by atoms with Gasteiger partial charge in [0.1, 0.15) is 23.4 Å². The van der Waals surface area contributed by atoms with E-state index in [-0.39, 0.29) is 18.7 Å². The number of halogens is 1. The number of hydrogen-bond acceptors (Lipinski definition) is 5. The molecule has 3 N–H and O–H groups in total. The van der Waals surface area contributed by atoms with Gasteiger partial charge in [-0.05, 0) is 80.6 Å². The fraction of sp³-hybridized carbons (Fsp3) is 0.361. The molecule has 0 aliphatic heterocycles. The zero-order valence-corrected chi connectivity index (χ0v) is 27.5. The number of anilines is 1. The van der Waals surface area contributed by atoms with Crippen molar-refractivity contribution in [2.45, 2.75) is 78.0 Å². The summed E-state index contributed by atoms with van der Waals surface area (Å²) in [5, 5.41) is 15.9. The van der Waals surface area contributed by atoms with Crippen LogP contribution in [0.15, 0.2) is 73.3 Å². The lowest BCUT2D eigenvalue weighted by molar-refractivity contribution is -0.140. The van der Waals surface area contributed by atoms with Gasteiger partial charge in [-0.3, -0.25) is 9.59 Å². The molecule has 9 heteroatoms. The number of nitrogens with one attached hydrogen (secondary N) is 2. The molecule has 3 rings (SSSR count). The lowest BCUT2D eigenvalue weighted by Crippen LogP contribution is -2.53. The van der Waals surface area contributed by atoms with Crippen molar-refractivity contribution in [1.82, 2.24) is 10.2 Å². The van der Waals surface area contributed by atoms with Gasteiger partial charge in [0.25, 0.3) is 5.91 Å². The van der Waals surface area contributed by atoms with Gasteiger partial charge in [0.15, 0.2) is 0 Å². The van der Waals surface area contributed by atoms with E-state index in [1.807, 2.05) is 31.2 Å². The van der Waals surface area contributed by atoms with Crippen molar-refractivity contribution in [1.29, 1.82) is 0 Å². The van der Waals surface area contributed by atoms with Gasteiger partial charge in [0, 0.05) is 13.0 Å². The quantitative estimate of drug-likeness (QED) is 0.166. The van der Waals surface area contributed by atoms with E-state index in [1.165, 1.54) is 17.0 Å². The maximum absolute atomic E-state index is 14.7. The van der Waals surface area contributed by atoms with Crippen LogP contribution in [0.2, 0.25) is 5.02 Å². The molecule has 0 fully saturated rings. The molecule has 8 nitrogen and oxygen atoms in total. The molecule has 240 valence electrons. The first-order valence-electron chi connectivity index (χ1n) is 15.2. The highest BCUT2D eigenvalue weighted by Gasteiger charge is 2.36. The molecule has 0 heterocycles. The molecule has 0 spiro atoms. The number of carbonyl (C=O) groups is 3. The minimum Gasteiger partial charge on any atom is -0.508 e. The van der Waals surface area contributed by atoms with Gasteiger partial charge in [-0.2, -0.15) is 0 Å². The minimum absolute atomic E-state index is 0.0802. The van der Waals surface area contributed by atoms with Crippen molar-refractivity contribution in [3.8, 4) is 5.75 Å². The number of phenolic OH excluding ortho intramolecular Hbond substituents is 1. The lowest BCUT2D eigenvalue weighted by atomic mass is 9.98. The van der Waals surface area contributed by atoms with Crippen LogP contribution in [-0.4, -0.2) is 46.1 Å². The highest BCUT2D eigenvalue weighted by Crippen LogP contribution is 2.30. The van der Waals surface area contributed by atoms with Gasteiger partial charge in [-0.15, -0.1) is 0 Å². The van der Waals surface area contributed by atoms with Crippen molar-refractivity contribution in [2.24, 2.45) is 0 Å². The number of aryl methyl sites for hydroxylation is 1. The first-order valence-corrected chi connectivity index (χ1v) is 15.6. The first kappa shape index (κ1) is 35.2. The molecule has 3 aromatic rings. The molecule has 0 aliphatic rings. The number of nitrogens with zero attached hydrogens (tertiary/aromatic N) is 1. The second-order valence-corrected chi connectivity index (χ2v) is 12.4. The lowest BCUT2D eigenvalue weighted by Gasteiger charge is -2.35. The number of rotatable bonds is 13. The molecule has 0 saturated heterocycles. The van der Waals surface area contributed by atoms with E-state index >= 15 is 0 Å². The topological polar surface area (TPSA) is 108 Å². The highest BCUT2D eigenvalue weighted by atomic mass is 35.5. The molecular weight excluding hydrogens is 590 g/mol. The summed E-state index contributed by atoms with van der Waals surface area (Å²) < 4.78 is 5.52. The average Bonchev–Trinajstić information content (AvgIpc) is 2.98. The van der Waals surface area contributed by atoms with Crippen molar-refractivity contribution in [2.75, 3.05) is 11.9 Å². The van der Waals surface area contributed by atoms with Crippen LogP contribution < -0.4 is 10.6 Å². The van der Waals surface area contributed by atoms with Gasteiger partial charge < -0.3 is 25.4 Å². The molecule has 0 radical (unpaired) electrons. The summed E-state index contributed by atoms with van der Waals surface area (Å²) in [5.41, 5.74) is 2.51. The van der Waals surface area contributed by atoms with Crippen LogP contribution in [0.5, 0.6) is 5.75 Å². The number of carbonyl (C=O) groups excluding carboxylic acids is 3. The van der Waals surface area contributed by atoms with E-state index in [4.69, 9.17) is 16.3 Å². The first-order chi connectivity index (χ1) is 21.3.